The van der Waals surface area contributed by atoms with Crippen LogP contribution in [0.2, 0.25) is 24.2 Å². The van der Waals surface area contributed by atoms with E-state index in [1.807, 2.05) is 0 Å². The van der Waals surface area contributed by atoms with Crippen molar-refractivity contribution in [1.29, 1.82) is 0 Å². The normalized spacial score (nSPS) is 44.1. The van der Waals surface area contributed by atoms with Crippen LogP contribution < -0.4 is 0 Å². The Kier molecular flexibility index (Phi) is 3.37. The Morgan fingerprint density at radius 1 is 0.571 bits per heavy atom. The van der Waals surface area contributed by atoms with E-state index in [0.717, 1.165) is 34.8 Å². The molecule has 0 heterocycles. The summed E-state index contributed by atoms with van der Waals surface area (Å²) in [5, 5.41) is 0. The monoisotopic (exact) mass is 296 g/mol. The van der Waals surface area contributed by atoms with Crippen LogP contribution in [0.25, 0.3) is 0 Å². The van der Waals surface area contributed by atoms with Crippen LogP contribution in [0.4, 0.5) is 0 Å². The van der Waals surface area contributed by atoms with E-state index in [2.05, 4.69) is 61.7 Å². The average molecular weight is 297 g/mol. The van der Waals surface area contributed by atoms with Gasteiger partial charge in [-0.1, -0.05) is 61.7 Å². The summed E-state index contributed by atoms with van der Waals surface area (Å²) in [5.41, 5.74) is 2.08. The zero-order chi connectivity index (χ0) is 14.4. The van der Waals surface area contributed by atoms with E-state index in [4.69, 9.17) is 0 Å². The molecule has 2 fully saturated rings. The van der Waals surface area contributed by atoms with Gasteiger partial charge in [0.25, 0.3) is 0 Å². The molecule has 0 saturated heterocycles. The van der Waals surface area contributed by atoms with Crippen molar-refractivity contribution in [2.45, 2.75) is 49.9 Å². The Hall–Kier alpha value is -0.823. The second kappa shape index (κ2) is 5.12. The first kappa shape index (κ1) is 13.8. The molecule has 0 nitrogen and oxygen atoms in total. The first-order valence-corrected chi connectivity index (χ1v) is 12.0. The van der Waals surface area contributed by atoms with Gasteiger partial charge >= 0.3 is 0 Å². The van der Waals surface area contributed by atoms with E-state index in [1.165, 1.54) is 25.7 Å². The lowest BCUT2D eigenvalue weighted by Gasteiger charge is -2.36. The molecule has 21 heavy (non-hydrogen) atoms. The minimum absolute atomic E-state index is 0.857. The van der Waals surface area contributed by atoms with E-state index in [-0.39, 0.29) is 0 Å². The molecule has 0 spiro atoms. The van der Waals surface area contributed by atoms with Crippen LogP contribution in [-0.2, 0) is 0 Å². The summed E-state index contributed by atoms with van der Waals surface area (Å²) in [6.45, 7) is 5.41. The standard InChI is InChI=1S/C20H28Si/c1-21(2,19-11-15-7-3-4-8-16(15)12-19)20-13-17-9-5-6-10-18(17)14-20/h3-10,15-20H,11-14H2,1-2H3. The van der Waals surface area contributed by atoms with Crippen molar-refractivity contribution < 1.29 is 0 Å². The van der Waals surface area contributed by atoms with Crippen molar-refractivity contribution in [3.63, 3.8) is 0 Å². The highest BCUT2D eigenvalue weighted by molar-refractivity contribution is 6.80. The molecule has 2 saturated carbocycles. The molecule has 112 valence electrons. The summed E-state index contributed by atoms with van der Waals surface area (Å²) in [5.74, 6) is 3.43. The van der Waals surface area contributed by atoms with Crippen molar-refractivity contribution in [2.75, 3.05) is 0 Å². The number of rotatable bonds is 2. The molecule has 0 aromatic rings. The minimum Gasteiger partial charge on any atom is -0.0808 e. The fourth-order valence-electron chi connectivity index (χ4n) is 5.47. The Morgan fingerprint density at radius 2 is 0.857 bits per heavy atom. The highest BCUT2D eigenvalue weighted by Gasteiger charge is 2.48. The van der Waals surface area contributed by atoms with E-state index in [1.54, 1.807) is 0 Å². The zero-order valence-corrected chi connectivity index (χ0v) is 14.4. The van der Waals surface area contributed by atoms with Crippen molar-refractivity contribution in [1.82, 2.24) is 0 Å². The third-order valence-corrected chi connectivity index (χ3v) is 12.2. The van der Waals surface area contributed by atoms with E-state index in [9.17, 15) is 0 Å². The summed E-state index contributed by atoms with van der Waals surface area (Å²) in [6.07, 6.45) is 24.9. The van der Waals surface area contributed by atoms with Crippen molar-refractivity contribution in [3.8, 4) is 0 Å². The van der Waals surface area contributed by atoms with E-state index in [0.29, 0.717) is 0 Å². The molecule has 0 aromatic carbocycles. The molecule has 0 aliphatic heterocycles. The zero-order valence-electron chi connectivity index (χ0n) is 13.4. The second-order valence-electron chi connectivity index (χ2n) is 8.35. The molecule has 4 rings (SSSR count). The van der Waals surface area contributed by atoms with Crippen LogP contribution in [-0.4, -0.2) is 8.07 Å². The predicted octanol–water partition coefficient (Wildman–Crippen LogP) is 5.74. The van der Waals surface area contributed by atoms with Crippen LogP contribution >= 0.6 is 0 Å². The predicted molar refractivity (Wildman–Crippen MR) is 94.0 cm³/mol. The van der Waals surface area contributed by atoms with Gasteiger partial charge in [0, 0.05) is 0 Å². The third kappa shape index (κ3) is 2.34. The fraction of sp³-hybridized carbons (Fsp3) is 0.600. The molecule has 4 atom stereocenters. The Morgan fingerprint density at radius 3 is 1.14 bits per heavy atom. The van der Waals surface area contributed by atoms with E-state index >= 15 is 0 Å². The van der Waals surface area contributed by atoms with Gasteiger partial charge in [0.1, 0.15) is 0 Å². The maximum Gasteiger partial charge on any atom is 0.0536 e. The topological polar surface area (TPSA) is 0 Å². The van der Waals surface area contributed by atoms with Gasteiger partial charge in [-0.05, 0) is 60.4 Å². The minimum atomic E-state index is -1.15. The van der Waals surface area contributed by atoms with Gasteiger partial charge < -0.3 is 0 Å². The van der Waals surface area contributed by atoms with Crippen LogP contribution in [0.15, 0.2) is 48.6 Å². The van der Waals surface area contributed by atoms with Gasteiger partial charge in [-0.25, -0.2) is 0 Å². The summed E-state index contributed by atoms with van der Waals surface area (Å²) in [4.78, 5) is 0. The molecule has 0 N–H and O–H groups in total. The Labute approximate surface area is 130 Å². The van der Waals surface area contributed by atoms with Gasteiger partial charge in [0.05, 0.1) is 8.07 Å². The highest BCUT2D eigenvalue weighted by atomic mass is 28.3. The molecule has 0 bridgehead atoms. The third-order valence-electron chi connectivity index (χ3n) is 7.09. The average Bonchev–Trinajstić information content (AvgIpc) is 3.11. The van der Waals surface area contributed by atoms with Crippen LogP contribution in [0.5, 0.6) is 0 Å². The molecule has 4 aliphatic carbocycles. The fourth-order valence-corrected chi connectivity index (χ4v) is 9.65. The van der Waals surface area contributed by atoms with Crippen molar-refractivity contribution in [3.05, 3.63) is 48.6 Å². The van der Waals surface area contributed by atoms with Crippen LogP contribution in [0.1, 0.15) is 25.7 Å². The first-order valence-electron chi connectivity index (χ1n) is 8.84. The lowest BCUT2D eigenvalue weighted by molar-refractivity contribution is 0.552. The summed E-state index contributed by atoms with van der Waals surface area (Å²) in [7, 11) is -1.15. The summed E-state index contributed by atoms with van der Waals surface area (Å²) < 4.78 is 0. The Balaban J connectivity index is 1.49. The first-order chi connectivity index (χ1) is 10.1. The number of hydrogen-bond acceptors (Lipinski definition) is 0. The lowest BCUT2D eigenvalue weighted by Crippen LogP contribution is -2.36. The number of fused-ring (bicyclic) bond motifs is 2. The SMILES string of the molecule is C[Si](C)(C1CC2C=CC=CC2C1)C1CC2C=CC=CC2C1. The second-order valence-corrected chi connectivity index (χ2v) is 13.6. The number of allylic oxidation sites excluding steroid dienone is 8. The van der Waals surface area contributed by atoms with Crippen LogP contribution in [0, 0.1) is 23.7 Å². The Bertz CT molecular complexity index is 436. The maximum atomic E-state index is 2.71. The molecular weight excluding hydrogens is 268 g/mol. The molecule has 0 aromatic heterocycles. The molecule has 1 heteroatoms. The molecular formula is C20H28Si. The summed E-state index contributed by atoms with van der Waals surface area (Å²) >= 11 is 0. The van der Waals surface area contributed by atoms with Gasteiger partial charge in [0.15, 0.2) is 0 Å². The largest absolute Gasteiger partial charge is 0.0808 e. The van der Waals surface area contributed by atoms with Gasteiger partial charge in [-0.3, -0.25) is 0 Å². The maximum absolute atomic E-state index is 2.71. The van der Waals surface area contributed by atoms with Crippen molar-refractivity contribution >= 4 is 8.07 Å². The highest BCUT2D eigenvalue weighted by Crippen LogP contribution is 2.56. The van der Waals surface area contributed by atoms with Gasteiger partial charge in [-0.15, -0.1) is 0 Å². The van der Waals surface area contributed by atoms with Gasteiger partial charge in [0.2, 0.25) is 0 Å². The summed E-state index contributed by atoms with van der Waals surface area (Å²) in [6, 6.07) is 0. The lowest BCUT2D eigenvalue weighted by atomic mass is 9.92. The molecule has 4 aliphatic rings. The van der Waals surface area contributed by atoms with Crippen LogP contribution in [0.3, 0.4) is 0 Å². The molecule has 0 amide bonds. The van der Waals surface area contributed by atoms with Crippen molar-refractivity contribution in [2.24, 2.45) is 23.7 Å². The van der Waals surface area contributed by atoms with E-state index < -0.39 is 8.07 Å². The quantitative estimate of drug-likeness (QED) is 0.570. The molecule has 4 unspecified atom stereocenters. The van der Waals surface area contributed by atoms with Gasteiger partial charge in [-0.2, -0.15) is 0 Å². The number of hydrogen-bond donors (Lipinski definition) is 0. The molecule has 0 radical (unpaired) electrons. The smallest absolute Gasteiger partial charge is 0.0536 e.